The Balaban J connectivity index is 1.90. The first kappa shape index (κ1) is 13.7. The second-order valence-corrected chi connectivity index (χ2v) is 5.32. The van der Waals surface area contributed by atoms with E-state index in [-0.39, 0.29) is 5.56 Å². The maximum Gasteiger partial charge on any atom is 0.140 e. The summed E-state index contributed by atoms with van der Waals surface area (Å²) in [7, 11) is 0. The molecule has 0 aliphatic heterocycles. The molecule has 1 N–H and O–H groups in total. The first-order valence-corrected chi connectivity index (χ1v) is 7.06. The van der Waals surface area contributed by atoms with Crippen molar-refractivity contribution in [3.05, 3.63) is 57.5 Å². The standard InChI is InChI=1S/C15H15FN2S/c1-11(6-13-4-5-19-10-13)18-9-12-2-3-15(16)14(7-12)8-17/h2-5,7,10-11,18H,6,9H2,1H3. The van der Waals surface area contributed by atoms with Crippen molar-refractivity contribution in [1.29, 1.82) is 5.26 Å². The van der Waals surface area contributed by atoms with Crippen LogP contribution in [0.15, 0.2) is 35.0 Å². The number of thiophene rings is 1. The molecule has 0 bridgehead atoms. The Morgan fingerprint density at radius 2 is 2.21 bits per heavy atom. The molecule has 19 heavy (non-hydrogen) atoms. The van der Waals surface area contributed by atoms with Crippen molar-refractivity contribution >= 4 is 11.3 Å². The number of rotatable bonds is 5. The molecule has 2 rings (SSSR count). The third kappa shape index (κ3) is 3.88. The highest BCUT2D eigenvalue weighted by molar-refractivity contribution is 7.07. The van der Waals surface area contributed by atoms with E-state index in [2.05, 4.69) is 29.1 Å². The summed E-state index contributed by atoms with van der Waals surface area (Å²) in [5, 5.41) is 16.4. The van der Waals surface area contributed by atoms with E-state index in [1.165, 1.54) is 11.6 Å². The van der Waals surface area contributed by atoms with E-state index in [9.17, 15) is 4.39 Å². The number of nitrogens with zero attached hydrogens (tertiary/aromatic N) is 1. The molecule has 98 valence electrons. The van der Waals surface area contributed by atoms with Crippen LogP contribution in [0.3, 0.4) is 0 Å². The summed E-state index contributed by atoms with van der Waals surface area (Å²) < 4.78 is 13.2. The zero-order chi connectivity index (χ0) is 13.7. The molecule has 0 spiro atoms. The van der Waals surface area contributed by atoms with E-state index in [0.717, 1.165) is 12.0 Å². The van der Waals surface area contributed by atoms with Gasteiger partial charge in [-0.15, -0.1) is 0 Å². The van der Waals surface area contributed by atoms with Crippen molar-refractivity contribution in [2.75, 3.05) is 0 Å². The van der Waals surface area contributed by atoms with E-state index in [1.54, 1.807) is 23.5 Å². The Morgan fingerprint density at radius 1 is 1.37 bits per heavy atom. The molecule has 0 amide bonds. The Kier molecular flexibility index (Phi) is 4.67. The van der Waals surface area contributed by atoms with Gasteiger partial charge >= 0.3 is 0 Å². The van der Waals surface area contributed by atoms with Gasteiger partial charge in [0.15, 0.2) is 0 Å². The molecule has 0 aliphatic rings. The molecule has 0 saturated carbocycles. The Bertz CT molecular complexity index is 572. The monoisotopic (exact) mass is 274 g/mol. The summed E-state index contributed by atoms with van der Waals surface area (Å²) in [6.45, 7) is 2.76. The lowest BCUT2D eigenvalue weighted by atomic mass is 10.1. The van der Waals surface area contributed by atoms with Gasteiger partial charge in [-0.05, 0) is 53.4 Å². The van der Waals surface area contributed by atoms with Crippen LogP contribution >= 0.6 is 11.3 Å². The van der Waals surface area contributed by atoms with Crippen LogP contribution in [-0.2, 0) is 13.0 Å². The SMILES string of the molecule is CC(Cc1ccsc1)NCc1ccc(F)c(C#N)c1. The summed E-state index contributed by atoms with van der Waals surface area (Å²) in [5.74, 6) is -0.461. The van der Waals surface area contributed by atoms with Crippen LogP contribution in [0.4, 0.5) is 4.39 Å². The smallest absolute Gasteiger partial charge is 0.140 e. The zero-order valence-electron chi connectivity index (χ0n) is 10.7. The molecule has 0 saturated heterocycles. The molecule has 2 nitrogen and oxygen atoms in total. The van der Waals surface area contributed by atoms with Crippen LogP contribution in [-0.4, -0.2) is 6.04 Å². The molecular weight excluding hydrogens is 259 g/mol. The number of benzene rings is 1. The normalized spacial score (nSPS) is 12.1. The number of hydrogen-bond acceptors (Lipinski definition) is 3. The molecule has 2 aromatic rings. The van der Waals surface area contributed by atoms with Gasteiger partial charge in [0.2, 0.25) is 0 Å². The predicted octanol–water partition coefficient (Wildman–Crippen LogP) is 3.48. The van der Waals surface area contributed by atoms with E-state index < -0.39 is 5.82 Å². The molecule has 0 fully saturated rings. The van der Waals surface area contributed by atoms with Crippen molar-refractivity contribution in [2.24, 2.45) is 0 Å². The van der Waals surface area contributed by atoms with Crippen molar-refractivity contribution in [3.63, 3.8) is 0 Å². The van der Waals surface area contributed by atoms with Crippen LogP contribution in [0.5, 0.6) is 0 Å². The Hall–Kier alpha value is -1.70. The molecule has 1 heterocycles. The van der Waals surface area contributed by atoms with Crippen molar-refractivity contribution < 1.29 is 4.39 Å². The topological polar surface area (TPSA) is 35.8 Å². The van der Waals surface area contributed by atoms with Gasteiger partial charge < -0.3 is 5.32 Å². The molecule has 0 radical (unpaired) electrons. The zero-order valence-corrected chi connectivity index (χ0v) is 11.5. The Morgan fingerprint density at radius 3 is 2.89 bits per heavy atom. The summed E-state index contributed by atoms with van der Waals surface area (Å²) >= 11 is 1.70. The number of nitrogens with one attached hydrogen (secondary N) is 1. The minimum absolute atomic E-state index is 0.102. The van der Waals surface area contributed by atoms with Gasteiger partial charge in [0.1, 0.15) is 11.9 Å². The molecule has 0 aliphatic carbocycles. The highest BCUT2D eigenvalue weighted by Gasteiger charge is 2.06. The van der Waals surface area contributed by atoms with Gasteiger partial charge in [0, 0.05) is 12.6 Å². The molecule has 1 aromatic heterocycles. The molecule has 1 unspecified atom stereocenters. The number of nitriles is 1. The molecule has 1 aromatic carbocycles. The maximum atomic E-state index is 13.2. The van der Waals surface area contributed by atoms with Crippen molar-refractivity contribution in [3.8, 4) is 6.07 Å². The summed E-state index contributed by atoms with van der Waals surface area (Å²) in [6, 6.07) is 8.97. The number of halogens is 1. The van der Waals surface area contributed by atoms with E-state index in [4.69, 9.17) is 5.26 Å². The first-order valence-electron chi connectivity index (χ1n) is 6.12. The summed E-state index contributed by atoms with van der Waals surface area (Å²) in [5.41, 5.74) is 2.35. The van der Waals surface area contributed by atoms with Gasteiger partial charge in [0.25, 0.3) is 0 Å². The molecule has 1 atom stereocenters. The van der Waals surface area contributed by atoms with Crippen molar-refractivity contribution in [2.45, 2.75) is 25.9 Å². The average Bonchev–Trinajstić information content (AvgIpc) is 2.90. The first-order chi connectivity index (χ1) is 9.19. The third-order valence-electron chi connectivity index (χ3n) is 2.93. The fraction of sp³-hybridized carbons (Fsp3) is 0.267. The largest absolute Gasteiger partial charge is 0.310 e. The van der Waals surface area contributed by atoms with Gasteiger partial charge in [-0.3, -0.25) is 0 Å². The van der Waals surface area contributed by atoms with Crippen LogP contribution in [0.2, 0.25) is 0 Å². The third-order valence-corrected chi connectivity index (χ3v) is 3.66. The second-order valence-electron chi connectivity index (χ2n) is 4.54. The Labute approximate surface area is 116 Å². The van der Waals surface area contributed by atoms with Crippen LogP contribution in [0.25, 0.3) is 0 Å². The lowest BCUT2D eigenvalue weighted by Crippen LogP contribution is -2.27. The van der Waals surface area contributed by atoms with Gasteiger partial charge in [-0.25, -0.2) is 4.39 Å². The van der Waals surface area contributed by atoms with E-state index in [1.807, 2.05) is 6.07 Å². The number of hydrogen-bond donors (Lipinski definition) is 1. The van der Waals surface area contributed by atoms with Crippen molar-refractivity contribution in [1.82, 2.24) is 5.32 Å². The second kappa shape index (κ2) is 6.46. The lowest BCUT2D eigenvalue weighted by molar-refractivity contribution is 0.545. The molecule has 4 heteroatoms. The minimum Gasteiger partial charge on any atom is -0.310 e. The minimum atomic E-state index is -0.461. The fourth-order valence-corrected chi connectivity index (χ4v) is 2.58. The molecular formula is C15H15FN2S. The lowest BCUT2D eigenvalue weighted by Gasteiger charge is -2.13. The van der Waals surface area contributed by atoms with Crippen LogP contribution in [0.1, 0.15) is 23.6 Å². The van der Waals surface area contributed by atoms with E-state index in [0.29, 0.717) is 12.6 Å². The predicted molar refractivity (Wildman–Crippen MR) is 75.4 cm³/mol. The highest BCUT2D eigenvalue weighted by atomic mass is 32.1. The van der Waals surface area contributed by atoms with Gasteiger partial charge in [0.05, 0.1) is 5.56 Å². The quantitative estimate of drug-likeness (QED) is 0.906. The highest BCUT2D eigenvalue weighted by Crippen LogP contribution is 2.11. The van der Waals surface area contributed by atoms with Crippen LogP contribution in [0, 0.1) is 17.1 Å². The van der Waals surface area contributed by atoms with E-state index >= 15 is 0 Å². The van der Waals surface area contributed by atoms with Gasteiger partial charge in [-0.1, -0.05) is 6.07 Å². The van der Waals surface area contributed by atoms with Gasteiger partial charge in [-0.2, -0.15) is 16.6 Å². The fourth-order valence-electron chi connectivity index (χ4n) is 1.89. The summed E-state index contributed by atoms with van der Waals surface area (Å²) in [4.78, 5) is 0. The average molecular weight is 274 g/mol. The van der Waals surface area contributed by atoms with Crippen LogP contribution < -0.4 is 5.32 Å². The summed E-state index contributed by atoms with van der Waals surface area (Å²) in [6.07, 6.45) is 0.968. The maximum absolute atomic E-state index is 13.2.